The number of rotatable bonds is 2. The summed E-state index contributed by atoms with van der Waals surface area (Å²) in [4.78, 5) is 15.6. The van der Waals surface area contributed by atoms with Gasteiger partial charge in [-0.3, -0.25) is 4.98 Å². The Kier molecular flexibility index (Phi) is 3.16. The van der Waals surface area contributed by atoms with Crippen molar-refractivity contribution >= 4 is 28.5 Å². The van der Waals surface area contributed by atoms with Gasteiger partial charge in [0.15, 0.2) is 0 Å². The van der Waals surface area contributed by atoms with Crippen molar-refractivity contribution in [2.45, 2.75) is 0 Å². The molecule has 3 rings (SSSR count). The first-order valence-electron chi connectivity index (χ1n) is 5.99. The molecule has 0 spiro atoms. The number of carbonyl (C=O) groups excluding carboxylic acids is 1. The molecule has 0 atom stereocenters. The standard InChI is InChI=1S/C15H11ClN2O2/c1-20-15(19)11-7-13(9-17-8-11)18-5-4-10-6-12(16)2-3-14(10)18/h2-9H,1H3. The smallest absolute Gasteiger partial charge is 0.339 e. The summed E-state index contributed by atoms with van der Waals surface area (Å²) in [6, 6.07) is 9.37. The van der Waals surface area contributed by atoms with Crippen LogP contribution in [0.4, 0.5) is 0 Å². The minimum absolute atomic E-state index is 0.404. The minimum Gasteiger partial charge on any atom is -0.465 e. The molecule has 4 nitrogen and oxygen atoms in total. The van der Waals surface area contributed by atoms with Crippen molar-refractivity contribution in [3.63, 3.8) is 0 Å². The van der Waals surface area contributed by atoms with Gasteiger partial charge in [-0.2, -0.15) is 0 Å². The number of halogens is 1. The average molecular weight is 287 g/mol. The Morgan fingerprint density at radius 2 is 2.10 bits per heavy atom. The second-order valence-corrected chi connectivity index (χ2v) is 4.75. The predicted molar refractivity (Wildman–Crippen MR) is 77.4 cm³/mol. The second-order valence-electron chi connectivity index (χ2n) is 4.31. The van der Waals surface area contributed by atoms with Gasteiger partial charge >= 0.3 is 5.97 Å². The molecule has 0 saturated heterocycles. The second kappa shape index (κ2) is 4.98. The summed E-state index contributed by atoms with van der Waals surface area (Å²) >= 11 is 5.98. The van der Waals surface area contributed by atoms with Crippen molar-refractivity contribution in [3.05, 3.63) is 59.5 Å². The van der Waals surface area contributed by atoms with Crippen molar-refractivity contribution < 1.29 is 9.53 Å². The van der Waals surface area contributed by atoms with Gasteiger partial charge in [-0.1, -0.05) is 11.6 Å². The summed E-state index contributed by atoms with van der Waals surface area (Å²) in [5.74, 6) is -0.404. The number of esters is 1. The Bertz CT molecular complexity index is 795. The van der Waals surface area contributed by atoms with Crippen LogP contribution >= 0.6 is 11.6 Å². The fourth-order valence-corrected chi connectivity index (χ4v) is 2.31. The third-order valence-electron chi connectivity index (χ3n) is 3.08. The largest absolute Gasteiger partial charge is 0.465 e. The molecule has 0 bridgehead atoms. The van der Waals surface area contributed by atoms with Crippen LogP contribution < -0.4 is 0 Å². The topological polar surface area (TPSA) is 44.1 Å². The number of nitrogens with zero attached hydrogens (tertiary/aromatic N) is 2. The molecule has 100 valence electrons. The van der Waals surface area contributed by atoms with Crippen molar-refractivity contribution in [2.75, 3.05) is 7.11 Å². The normalized spacial score (nSPS) is 10.7. The molecule has 3 aromatic rings. The van der Waals surface area contributed by atoms with E-state index in [-0.39, 0.29) is 0 Å². The number of pyridine rings is 1. The van der Waals surface area contributed by atoms with Crippen LogP contribution in [0.25, 0.3) is 16.6 Å². The lowest BCUT2D eigenvalue weighted by molar-refractivity contribution is 0.0600. The van der Waals surface area contributed by atoms with Gasteiger partial charge in [-0.05, 0) is 30.3 Å². The number of benzene rings is 1. The fourth-order valence-electron chi connectivity index (χ4n) is 2.13. The van der Waals surface area contributed by atoms with E-state index in [0.29, 0.717) is 10.6 Å². The number of ether oxygens (including phenoxy) is 1. The van der Waals surface area contributed by atoms with Crippen LogP contribution in [0, 0.1) is 0 Å². The molecule has 0 amide bonds. The third kappa shape index (κ3) is 2.14. The van der Waals surface area contributed by atoms with Gasteiger partial charge in [-0.15, -0.1) is 0 Å². The molecule has 0 unspecified atom stereocenters. The molecule has 0 fully saturated rings. The van der Waals surface area contributed by atoms with E-state index in [9.17, 15) is 4.79 Å². The maximum Gasteiger partial charge on any atom is 0.339 e. The van der Waals surface area contributed by atoms with E-state index < -0.39 is 5.97 Å². The van der Waals surface area contributed by atoms with Crippen LogP contribution in [-0.2, 0) is 4.74 Å². The molecule has 0 aliphatic carbocycles. The highest BCUT2D eigenvalue weighted by Crippen LogP contribution is 2.23. The summed E-state index contributed by atoms with van der Waals surface area (Å²) in [6.45, 7) is 0. The number of fused-ring (bicyclic) bond motifs is 1. The first-order chi connectivity index (χ1) is 9.69. The van der Waals surface area contributed by atoms with Crippen molar-refractivity contribution in [3.8, 4) is 5.69 Å². The van der Waals surface area contributed by atoms with Gasteiger partial charge in [0.05, 0.1) is 30.1 Å². The summed E-state index contributed by atoms with van der Waals surface area (Å²) in [5, 5.41) is 1.72. The molecule has 0 radical (unpaired) electrons. The van der Waals surface area contributed by atoms with Gasteiger partial charge in [0.2, 0.25) is 0 Å². The molecular formula is C15H11ClN2O2. The summed E-state index contributed by atoms with van der Waals surface area (Å²) in [6.07, 6.45) is 5.09. The van der Waals surface area contributed by atoms with Crippen LogP contribution in [0.5, 0.6) is 0 Å². The summed E-state index contributed by atoms with van der Waals surface area (Å²) in [5.41, 5.74) is 2.21. The molecule has 5 heteroatoms. The Morgan fingerprint density at radius 3 is 2.90 bits per heavy atom. The van der Waals surface area contributed by atoms with Crippen LogP contribution in [-0.4, -0.2) is 22.6 Å². The molecule has 20 heavy (non-hydrogen) atoms. The third-order valence-corrected chi connectivity index (χ3v) is 3.31. The fraction of sp³-hybridized carbons (Fsp3) is 0.0667. The Morgan fingerprint density at radius 1 is 1.25 bits per heavy atom. The van der Waals surface area contributed by atoms with Gasteiger partial charge in [0, 0.05) is 22.8 Å². The van der Waals surface area contributed by atoms with Crippen molar-refractivity contribution in [1.29, 1.82) is 0 Å². The van der Waals surface area contributed by atoms with Gasteiger partial charge in [0.1, 0.15) is 0 Å². The highest BCUT2D eigenvalue weighted by atomic mass is 35.5. The number of carbonyl (C=O) groups is 1. The SMILES string of the molecule is COC(=O)c1cncc(-n2ccc3cc(Cl)ccc32)c1. The Hall–Kier alpha value is -2.33. The number of hydrogen-bond acceptors (Lipinski definition) is 3. The van der Waals surface area contributed by atoms with Crippen LogP contribution in [0.15, 0.2) is 48.9 Å². The minimum atomic E-state index is -0.404. The zero-order valence-electron chi connectivity index (χ0n) is 10.7. The van der Waals surface area contributed by atoms with Gasteiger partial charge in [0.25, 0.3) is 0 Å². The summed E-state index contributed by atoms with van der Waals surface area (Å²) in [7, 11) is 1.35. The number of methoxy groups -OCH3 is 1. The van der Waals surface area contributed by atoms with E-state index in [4.69, 9.17) is 16.3 Å². The van der Waals surface area contributed by atoms with E-state index in [1.54, 1.807) is 12.3 Å². The maximum absolute atomic E-state index is 11.6. The number of hydrogen-bond donors (Lipinski definition) is 0. The van der Waals surface area contributed by atoms with Gasteiger partial charge in [-0.25, -0.2) is 4.79 Å². The highest BCUT2D eigenvalue weighted by Gasteiger charge is 2.09. The van der Waals surface area contributed by atoms with Crippen LogP contribution in [0.2, 0.25) is 5.02 Å². The zero-order valence-corrected chi connectivity index (χ0v) is 11.5. The van der Waals surface area contributed by atoms with E-state index in [1.165, 1.54) is 13.3 Å². The van der Waals surface area contributed by atoms with E-state index in [2.05, 4.69) is 4.98 Å². The molecule has 2 heterocycles. The molecule has 1 aromatic carbocycles. The molecule has 0 aliphatic heterocycles. The average Bonchev–Trinajstić information content (AvgIpc) is 2.89. The van der Waals surface area contributed by atoms with Crippen molar-refractivity contribution in [1.82, 2.24) is 9.55 Å². The number of aromatic nitrogens is 2. The zero-order chi connectivity index (χ0) is 14.1. The molecule has 0 N–H and O–H groups in total. The summed E-state index contributed by atoms with van der Waals surface area (Å²) < 4.78 is 6.66. The molecular weight excluding hydrogens is 276 g/mol. The predicted octanol–water partition coefficient (Wildman–Crippen LogP) is 3.47. The maximum atomic E-state index is 11.6. The highest BCUT2D eigenvalue weighted by molar-refractivity contribution is 6.31. The Labute approximate surface area is 120 Å². The van der Waals surface area contributed by atoms with E-state index in [1.807, 2.05) is 35.0 Å². The van der Waals surface area contributed by atoms with Crippen LogP contribution in [0.3, 0.4) is 0 Å². The first-order valence-corrected chi connectivity index (χ1v) is 6.37. The lowest BCUT2D eigenvalue weighted by Crippen LogP contribution is -2.03. The quantitative estimate of drug-likeness (QED) is 0.678. The van der Waals surface area contributed by atoms with Crippen molar-refractivity contribution in [2.24, 2.45) is 0 Å². The molecule has 2 aromatic heterocycles. The lowest BCUT2D eigenvalue weighted by Gasteiger charge is -2.06. The molecule has 0 saturated carbocycles. The van der Waals surface area contributed by atoms with E-state index in [0.717, 1.165) is 16.6 Å². The Balaban J connectivity index is 2.13. The van der Waals surface area contributed by atoms with Gasteiger partial charge < -0.3 is 9.30 Å². The first kappa shape index (κ1) is 12.7. The monoisotopic (exact) mass is 286 g/mol. The van der Waals surface area contributed by atoms with Crippen LogP contribution in [0.1, 0.15) is 10.4 Å². The lowest BCUT2D eigenvalue weighted by atomic mass is 10.2. The van der Waals surface area contributed by atoms with E-state index >= 15 is 0 Å². The molecule has 0 aliphatic rings.